The molecule has 2 aromatic heterocycles. The maximum absolute atomic E-state index is 12.8. The molecule has 3 rings (SSSR count). The van der Waals surface area contributed by atoms with Gasteiger partial charge in [0.15, 0.2) is 17.4 Å². The van der Waals surface area contributed by atoms with Crippen molar-refractivity contribution in [2.75, 3.05) is 31.7 Å². The number of imidazole rings is 1. The Morgan fingerprint density at radius 3 is 2.63 bits per heavy atom. The molecular weight excluding hydrogens is 549 g/mol. The molecular formula is C27H42N7O6P. The molecule has 1 aliphatic rings. The number of H-pyrrole nitrogens is 1. The van der Waals surface area contributed by atoms with E-state index in [1.54, 1.807) is 24.5 Å². The number of rotatable bonds is 15. The summed E-state index contributed by atoms with van der Waals surface area (Å²) in [5.74, 6) is -0.663. The largest absolute Gasteiger partial charge is 0.369 e. The first-order valence-corrected chi connectivity index (χ1v) is 15.0. The van der Waals surface area contributed by atoms with Crippen molar-refractivity contribution in [3.63, 3.8) is 0 Å². The SMILES string of the molecule is [C-]#[N+]CCOP(OC[C@H]1O[C@@H](n2cnc3c(=O)[nH]c(NC(=O)C(C)C)nc32)[C@H](OCC=C)[C@@H]1C)N(C(C)C)C(C)C. The molecule has 1 saturated heterocycles. The Morgan fingerprint density at radius 1 is 1.32 bits per heavy atom. The van der Waals surface area contributed by atoms with Gasteiger partial charge in [0.05, 0.1) is 25.6 Å². The average molecular weight is 592 g/mol. The first kappa shape index (κ1) is 32.8. The van der Waals surface area contributed by atoms with Crippen LogP contribution < -0.4 is 10.9 Å². The normalized spacial score (nSPS) is 21.7. The molecule has 0 aliphatic carbocycles. The van der Waals surface area contributed by atoms with Crippen molar-refractivity contribution in [3.05, 3.63) is 40.8 Å². The van der Waals surface area contributed by atoms with Crippen molar-refractivity contribution in [1.82, 2.24) is 24.2 Å². The van der Waals surface area contributed by atoms with E-state index in [1.165, 1.54) is 6.33 Å². The topological polar surface area (TPSA) is 137 Å². The zero-order valence-electron chi connectivity index (χ0n) is 24.9. The summed E-state index contributed by atoms with van der Waals surface area (Å²) in [6, 6.07) is 0.332. The van der Waals surface area contributed by atoms with Crippen LogP contribution in [0.5, 0.6) is 0 Å². The van der Waals surface area contributed by atoms with Crippen molar-refractivity contribution in [2.24, 2.45) is 11.8 Å². The Bertz CT molecular complexity index is 1270. The van der Waals surface area contributed by atoms with Gasteiger partial charge in [-0.2, -0.15) is 4.98 Å². The summed E-state index contributed by atoms with van der Waals surface area (Å²) in [7, 11) is -1.45. The number of hydrogen-bond acceptors (Lipinski definition) is 9. The van der Waals surface area contributed by atoms with Crippen molar-refractivity contribution >= 4 is 31.5 Å². The highest BCUT2D eigenvalue weighted by Gasteiger charge is 2.45. The summed E-state index contributed by atoms with van der Waals surface area (Å²) >= 11 is 0. The minimum absolute atomic E-state index is 0.0297. The molecule has 0 radical (unpaired) electrons. The van der Waals surface area contributed by atoms with Crippen LogP contribution in [0.15, 0.2) is 23.8 Å². The van der Waals surface area contributed by atoms with E-state index in [0.29, 0.717) is 6.61 Å². The number of fused-ring (bicyclic) bond motifs is 1. The Balaban J connectivity index is 1.89. The number of ether oxygens (including phenoxy) is 2. The predicted molar refractivity (Wildman–Crippen MR) is 157 cm³/mol. The second-order valence-electron chi connectivity index (χ2n) is 10.7. The third kappa shape index (κ3) is 7.97. The van der Waals surface area contributed by atoms with Gasteiger partial charge in [0.25, 0.3) is 14.1 Å². The van der Waals surface area contributed by atoms with Crippen molar-refractivity contribution < 1.29 is 23.3 Å². The lowest BCUT2D eigenvalue weighted by Crippen LogP contribution is -2.35. The van der Waals surface area contributed by atoms with Crippen LogP contribution in [-0.2, 0) is 23.3 Å². The summed E-state index contributed by atoms with van der Waals surface area (Å²) in [5.41, 5.74) is -0.103. The van der Waals surface area contributed by atoms with Gasteiger partial charge >= 0.3 is 0 Å². The van der Waals surface area contributed by atoms with Crippen LogP contribution >= 0.6 is 8.53 Å². The standard InChI is InChI=1S/C27H42N7O6P/c1-10-12-37-22-19(8)20(14-39-41(38-13-11-28-9)34(17(4)5)18(6)7)40-26(22)33-15-29-21-23(33)30-27(32-25(21)36)31-24(35)16(2)3/h10,15-20,22,26H,1,11-14H2,2-8H3,(H2,30,31,32,35,36)/t19-,20-,22-,26-,41?/m1/s1. The number of nitrogens with zero attached hydrogens (tertiary/aromatic N) is 5. The number of aromatic nitrogens is 4. The van der Waals surface area contributed by atoms with Crippen LogP contribution in [0.3, 0.4) is 0 Å². The van der Waals surface area contributed by atoms with Crippen molar-refractivity contribution in [3.8, 4) is 0 Å². The summed E-state index contributed by atoms with van der Waals surface area (Å²) in [5, 5.41) is 2.64. The molecule has 1 fully saturated rings. The summed E-state index contributed by atoms with van der Waals surface area (Å²) in [6.07, 6.45) is 1.66. The fraction of sp³-hybridized carbons (Fsp3) is 0.667. The minimum atomic E-state index is -1.45. The minimum Gasteiger partial charge on any atom is -0.369 e. The van der Waals surface area contributed by atoms with Crippen LogP contribution in [0.25, 0.3) is 16.0 Å². The first-order chi connectivity index (χ1) is 19.5. The third-order valence-corrected chi connectivity index (χ3v) is 8.65. The molecule has 1 aliphatic heterocycles. The van der Waals surface area contributed by atoms with Crippen molar-refractivity contribution in [1.29, 1.82) is 0 Å². The van der Waals surface area contributed by atoms with E-state index in [9.17, 15) is 9.59 Å². The predicted octanol–water partition coefficient (Wildman–Crippen LogP) is 4.12. The number of carbonyl (C=O) groups excluding carboxylic acids is 1. The summed E-state index contributed by atoms with van der Waals surface area (Å²) < 4.78 is 28.9. The number of amides is 1. The Labute approximate surface area is 242 Å². The summed E-state index contributed by atoms with van der Waals surface area (Å²) in [4.78, 5) is 39.7. The molecule has 3 heterocycles. The lowest BCUT2D eigenvalue weighted by Gasteiger charge is -2.36. The third-order valence-electron chi connectivity index (χ3n) is 6.58. The van der Waals surface area contributed by atoms with E-state index in [4.69, 9.17) is 25.1 Å². The number of hydrogen-bond donors (Lipinski definition) is 2. The zero-order valence-corrected chi connectivity index (χ0v) is 25.8. The molecule has 1 amide bonds. The van der Waals surface area contributed by atoms with Gasteiger partial charge in [0.1, 0.15) is 12.7 Å². The number of aromatic amines is 1. The van der Waals surface area contributed by atoms with E-state index < -0.39 is 26.4 Å². The van der Waals surface area contributed by atoms with Crippen LogP contribution in [0, 0.1) is 18.4 Å². The maximum Gasteiger partial charge on any atom is 0.280 e. The maximum atomic E-state index is 12.8. The van der Waals surface area contributed by atoms with Gasteiger partial charge in [-0.05, 0) is 27.7 Å². The Hall–Kier alpha value is -2.72. The molecule has 1 unspecified atom stereocenters. The Morgan fingerprint density at radius 2 is 2.02 bits per heavy atom. The second kappa shape index (κ2) is 15.0. The molecule has 41 heavy (non-hydrogen) atoms. The molecule has 2 N–H and O–H groups in total. The van der Waals surface area contributed by atoms with Gasteiger partial charge in [0, 0.05) is 23.9 Å². The molecule has 5 atom stereocenters. The smallest absolute Gasteiger partial charge is 0.280 e. The van der Waals surface area contributed by atoms with E-state index in [0.717, 1.165) is 0 Å². The Kier molecular flexibility index (Phi) is 12.0. The number of anilines is 1. The van der Waals surface area contributed by atoms with Gasteiger partial charge in [-0.25, -0.2) is 16.2 Å². The molecule has 0 bridgehead atoms. The highest BCUT2D eigenvalue weighted by atomic mass is 31.2. The van der Waals surface area contributed by atoms with E-state index in [1.807, 2.05) is 6.92 Å². The molecule has 226 valence electrons. The monoisotopic (exact) mass is 591 g/mol. The highest BCUT2D eigenvalue weighted by Crippen LogP contribution is 2.47. The van der Waals surface area contributed by atoms with E-state index in [2.05, 4.69) is 64.1 Å². The van der Waals surface area contributed by atoms with Gasteiger partial charge < -0.3 is 23.4 Å². The van der Waals surface area contributed by atoms with Crippen molar-refractivity contribution in [2.45, 2.75) is 79.0 Å². The number of nitrogens with one attached hydrogen (secondary N) is 2. The van der Waals surface area contributed by atoms with Gasteiger partial charge in [-0.15, -0.1) is 6.58 Å². The van der Waals surface area contributed by atoms with Gasteiger partial charge in [0.2, 0.25) is 18.4 Å². The molecule has 0 saturated carbocycles. The highest BCUT2D eigenvalue weighted by molar-refractivity contribution is 7.44. The van der Waals surface area contributed by atoms with Crippen LogP contribution in [-0.4, -0.2) is 80.8 Å². The summed E-state index contributed by atoms with van der Waals surface area (Å²) in [6.45, 7) is 25.7. The van der Waals surface area contributed by atoms with Gasteiger partial charge in [-0.1, -0.05) is 26.8 Å². The molecule has 0 spiro atoms. The lowest BCUT2D eigenvalue weighted by atomic mass is 10.0. The lowest BCUT2D eigenvalue weighted by molar-refractivity contribution is -0.118. The van der Waals surface area contributed by atoms with Crippen LogP contribution in [0.1, 0.15) is 54.7 Å². The first-order valence-electron chi connectivity index (χ1n) is 13.8. The molecule has 14 heteroatoms. The molecule has 13 nitrogen and oxygen atoms in total. The zero-order chi connectivity index (χ0) is 30.3. The number of carbonyl (C=O) groups is 1. The molecule has 2 aromatic rings. The van der Waals surface area contributed by atoms with Crippen LogP contribution in [0.2, 0.25) is 0 Å². The molecule has 0 aromatic carbocycles. The van der Waals surface area contributed by atoms with Gasteiger partial charge in [-0.3, -0.25) is 24.5 Å². The van der Waals surface area contributed by atoms with E-state index >= 15 is 0 Å². The fourth-order valence-electron chi connectivity index (χ4n) is 4.56. The fourth-order valence-corrected chi connectivity index (χ4v) is 6.17. The average Bonchev–Trinajstić information content (AvgIpc) is 3.46. The second-order valence-corrected chi connectivity index (χ2v) is 12.2. The quantitative estimate of drug-likeness (QED) is 0.136. The van der Waals surface area contributed by atoms with E-state index in [-0.39, 0.29) is 72.8 Å². The van der Waals surface area contributed by atoms with Crippen LogP contribution in [0.4, 0.5) is 5.95 Å².